The monoisotopic (exact) mass is 232 g/mol. The lowest BCUT2D eigenvalue weighted by Gasteiger charge is -1.89. The number of rotatable bonds is 4. The summed E-state index contributed by atoms with van der Waals surface area (Å²) in [6.45, 7) is 1.94. The Labute approximate surface area is 92.6 Å². The third-order valence-corrected chi connectivity index (χ3v) is 3.55. The lowest BCUT2D eigenvalue weighted by atomic mass is 10.2. The molecule has 0 spiro atoms. The van der Waals surface area contributed by atoms with Gasteiger partial charge in [-0.1, -0.05) is 19.1 Å². The third kappa shape index (κ3) is 2.25. The highest BCUT2D eigenvalue weighted by Crippen LogP contribution is 2.59. The second kappa shape index (κ2) is 4.28. The molecule has 0 amide bonds. The molecule has 4 heteroatoms. The average molecular weight is 233 g/mol. The van der Waals surface area contributed by atoms with Gasteiger partial charge in [0.05, 0.1) is 5.57 Å². The smallest absolute Gasteiger partial charge is 0.153 e. The van der Waals surface area contributed by atoms with E-state index >= 15 is 0 Å². The SMILES string of the molecule is CC1C(C=CC=C(C=O)C=O)C1(Cl)Cl. The van der Waals surface area contributed by atoms with Crippen LogP contribution in [0.2, 0.25) is 0 Å². The van der Waals surface area contributed by atoms with Gasteiger partial charge in [0.2, 0.25) is 0 Å². The summed E-state index contributed by atoms with van der Waals surface area (Å²) in [6, 6.07) is 0. The van der Waals surface area contributed by atoms with Gasteiger partial charge >= 0.3 is 0 Å². The molecule has 2 atom stereocenters. The van der Waals surface area contributed by atoms with E-state index in [1.165, 1.54) is 6.08 Å². The molecule has 0 radical (unpaired) electrons. The van der Waals surface area contributed by atoms with Gasteiger partial charge in [0, 0.05) is 5.92 Å². The molecular weight excluding hydrogens is 223 g/mol. The summed E-state index contributed by atoms with van der Waals surface area (Å²) in [5, 5.41) is 0. The van der Waals surface area contributed by atoms with E-state index in [4.69, 9.17) is 23.2 Å². The van der Waals surface area contributed by atoms with Gasteiger partial charge < -0.3 is 0 Å². The number of carbonyl (C=O) groups is 2. The molecule has 2 nitrogen and oxygen atoms in total. The van der Waals surface area contributed by atoms with Gasteiger partial charge in [-0.3, -0.25) is 9.59 Å². The summed E-state index contributed by atoms with van der Waals surface area (Å²) in [4.78, 5) is 20.5. The summed E-state index contributed by atoms with van der Waals surface area (Å²) >= 11 is 11.8. The van der Waals surface area contributed by atoms with Crippen LogP contribution in [0.1, 0.15) is 6.92 Å². The van der Waals surface area contributed by atoms with Crippen molar-refractivity contribution in [1.29, 1.82) is 0 Å². The van der Waals surface area contributed by atoms with E-state index in [1.54, 1.807) is 12.2 Å². The molecule has 0 heterocycles. The Morgan fingerprint density at radius 3 is 2.14 bits per heavy atom. The molecule has 0 aromatic carbocycles. The largest absolute Gasteiger partial charge is 0.298 e. The van der Waals surface area contributed by atoms with Crippen LogP contribution in [-0.4, -0.2) is 16.9 Å². The molecule has 0 bridgehead atoms. The standard InChI is InChI=1S/C10H10Cl2O2/c1-7-9(10(7,11)12)4-2-3-8(5-13)6-14/h2-7,9H,1H3. The molecule has 0 saturated heterocycles. The van der Waals surface area contributed by atoms with Crippen molar-refractivity contribution in [3.05, 3.63) is 23.8 Å². The van der Waals surface area contributed by atoms with Gasteiger partial charge in [-0.15, -0.1) is 23.2 Å². The van der Waals surface area contributed by atoms with Crippen LogP contribution in [0, 0.1) is 11.8 Å². The highest BCUT2D eigenvalue weighted by Gasteiger charge is 2.58. The van der Waals surface area contributed by atoms with Gasteiger partial charge in [0.15, 0.2) is 12.6 Å². The molecule has 0 aliphatic heterocycles. The van der Waals surface area contributed by atoms with E-state index in [9.17, 15) is 9.59 Å². The van der Waals surface area contributed by atoms with E-state index in [-0.39, 0.29) is 17.4 Å². The topological polar surface area (TPSA) is 34.1 Å². The Bertz CT molecular complexity index is 295. The summed E-state index contributed by atoms with van der Waals surface area (Å²) in [7, 11) is 0. The molecule has 1 fully saturated rings. The van der Waals surface area contributed by atoms with Crippen molar-refractivity contribution in [2.75, 3.05) is 0 Å². The fraction of sp³-hybridized carbons (Fsp3) is 0.400. The predicted octanol–water partition coefficient (Wildman–Crippen LogP) is 2.31. The van der Waals surface area contributed by atoms with Gasteiger partial charge in [-0.2, -0.15) is 0 Å². The van der Waals surface area contributed by atoms with E-state index in [2.05, 4.69) is 0 Å². The van der Waals surface area contributed by atoms with Crippen molar-refractivity contribution in [2.45, 2.75) is 11.3 Å². The van der Waals surface area contributed by atoms with Gasteiger partial charge in [0.25, 0.3) is 0 Å². The molecule has 1 aliphatic rings. The Hall–Kier alpha value is -0.600. The van der Waals surface area contributed by atoms with Gasteiger partial charge in [0.1, 0.15) is 4.33 Å². The second-order valence-electron chi connectivity index (χ2n) is 3.28. The minimum absolute atomic E-state index is 0.0987. The minimum atomic E-state index is -0.688. The molecular formula is C10H10Cl2O2. The van der Waals surface area contributed by atoms with Crippen LogP contribution in [0.25, 0.3) is 0 Å². The Kier molecular flexibility index (Phi) is 3.51. The summed E-state index contributed by atoms with van der Waals surface area (Å²) in [5.41, 5.74) is 0.101. The second-order valence-corrected chi connectivity index (χ2v) is 4.72. The molecule has 1 rings (SSSR count). The Morgan fingerprint density at radius 2 is 1.79 bits per heavy atom. The fourth-order valence-electron chi connectivity index (χ4n) is 1.20. The first kappa shape index (κ1) is 11.5. The summed E-state index contributed by atoms with van der Waals surface area (Å²) < 4.78 is -0.688. The van der Waals surface area contributed by atoms with Crippen molar-refractivity contribution in [1.82, 2.24) is 0 Å². The number of allylic oxidation sites excluding steroid dienone is 4. The summed E-state index contributed by atoms with van der Waals surface area (Å²) in [6.07, 6.45) is 5.88. The number of aldehydes is 2. The maximum atomic E-state index is 10.2. The normalized spacial score (nSPS) is 28.5. The van der Waals surface area contributed by atoms with Crippen LogP contribution in [0.3, 0.4) is 0 Å². The number of carbonyl (C=O) groups excluding carboxylic acids is 2. The molecule has 14 heavy (non-hydrogen) atoms. The predicted molar refractivity (Wildman–Crippen MR) is 56.4 cm³/mol. The minimum Gasteiger partial charge on any atom is -0.298 e. The third-order valence-electron chi connectivity index (χ3n) is 2.36. The maximum absolute atomic E-state index is 10.2. The zero-order chi connectivity index (χ0) is 10.8. The number of hydrogen-bond acceptors (Lipinski definition) is 2. The molecule has 76 valence electrons. The molecule has 0 aromatic heterocycles. The molecule has 0 N–H and O–H groups in total. The maximum Gasteiger partial charge on any atom is 0.153 e. The van der Waals surface area contributed by atoms with Crippen LogP contribution in [0.4, 0.5) is 0 Å². The van der Waals surface area contributed by atoms with E-state index in [0.717, 1.165) is 0 Å². The van der Waals surface area contributed by atoms with Crippen molar-refractivity contribution in [3.63, 3.8) is 0 Å². The zero-order valence-corrected chi connectivity index (χ0v) is 9.13. The highest BCUT2D eigenvalue weighted by molar-refractivity contribution is 6.51. The first-order chi connectivity index (χ1) is 6.54. The van der Waals surface area contributed by atoms with E-state index < -0.39 is 4.33 Å². The molecule has 1 saturated carbocycles. The lowest BCUT2D eigenvalue weighted by molar-refractivity contribution is -0.109. The lowest BCUT2D eigenvalue weighted by Crippen LogP contribution is -1.87. The Balaban J connectivity index is 2.55. The van der Waals surface area contributed by atoms with Crippen LogP contribution in [-0.2, 0) is 9.59 Å². The first-order valence-electron chi connectivity index (χ1n) is 4.20. The van der Waals surface area contributed by atoms with Crippen LogP contribution in [0.5, 0.6) is 0 Å². The highest BCUT2D eigenvalue weighted by atomic mass is 35.5. The first-order valence-corrected chi connectivity index (χ1v) is 4.96. The number of alkyl halides is 2. The molecule has 0 aromatic rings. The van der Waals surface area contributed by atoms with Gasteiger partial charge in [-0.25, -0.2) is 0 Å². The quantitative estimate of drug-likeness (QED) is 0.186. The van der Waals surface area contributed by atoms with Crippen LogP contribution in [0.15, 0.2) is 23.8 Å². The number of halogens is 2. The zero-order valence-electron chi connectivity index (χ0n) is 7.61. The van der Waals surface area contributed by atoms with Crippen molar-refractivity contribution < 1.29 is 9.59 Å². The van der Waals surface area contributed by atoms with E-state index in [0.29, 0.717) is 12.6 Å². The fourth-order valence-corrected chi connectivity index (χ4v) is 1.87. The van der Waals surface area contributed by atoms with E-state index in [1.807, 2.05) is 6.92 Å². The average Bonchev–Trinajstić information content (AvgIpc) is 2.62. The molecule has 2 unspecified atom stereocenters. The summed E-state index contributed by atoms with van der Waals surface area (Å²) in [5.74, 6) is 0.313. The van der Waals surface area contributed by atoms with Crippen molar-refractivity contribution >= 4 is 35.8 Å². The molecule has 1 aliphatic carbocycles. The Morgan fingerprint density at radius 1 is 1.29 bits per heavy atom. The van der Waals surface area contributed by atoms with Crippen molar-refractivity contribution in [3.8, 4) is 0 Å². The van der Waals surface area contributed by atoms with Crippen LogP contribution >= 0.6 is 23.2 Å². The van der Waals surface area contributed by atoms with Gasteiger partial charge in [-0.05, 0) is 12.0 Å². The number of hydrogen-bond donors (Lipinski definition) is 0. The van der Waals surface area contributed by atoms with Crippen molar-refractivity contribution in [2.24, 2.45) is 11.8 Å². The van der Waals surface area contributed by atoms with Crippen LogP contribution < -0.4 is 0 Å².